The number of rotatable bonds is 13. The number of phenols is 1. The maximum absolute atomic E-state index is 11.7. The Bertz CT molecular complexity index is 872. The van der Waals surface area contributed by atoms with E-state index >= 15 is 0 Å². The first-order valence-corrected chi connectivity index (χ1v) is 10.6. The highest BCUT2D eigenvalue weighted by Crippen LogP contribution is 2.33. The Balaban J connectivity index is 1.86. The summed E-state index contributed by atoms with van der Waals surface area (Å²) >= 11 is 0. The van der Waals surface area contributed by atoms with E-state index in [4.69, 9.17) is 10.00 Å². The fourth-order valence-electron chi connectivity index (χ4n) is 3.26. The SMILES string of the molecule is CCCc1c(OC(C)CCCc2nnn(CCCCC#N)n2)ccc(C(C)=O)c1O. The van der Waals surface area contributed by atoms with E-state index in [2.05, 4.69) is 21.5 Å². The molecule has 0 fully saturated rings. The number of hydrogen-bond acceptors (Lipinski definition) is 7. The molecule has 0 spiro atoms. The number of carbonyl (C=O) groups is 1. The third-order valence-corrected chi connectivity index (χ3v) is 4.85. The van der Waals surface area contributed by atoms with Gasteiger partial charge in [-0.25, -0.2) is 0 Å². The lowest BCUT2D eigenvalue weighted by Crippen LogP contribution is -2.14. The lowest BCUT2D eigenvalue weighted by molar-refractivity contribution is 0.101. The van der Waals surface area contributed by atoms with Crippen molar-refractivity contribution in [3.8, 4) is 17.6 Å². The minimum Gasteiger partial charge on any atom is -0.507 e. The molecule has 2 aromatic rings. The molecule has 1 atom stereocenters. The summed E-state index contributed by atoms with van der Waals surface area (Å²) in [5, 5.41) is 31.5. The second-order valence-corrected chi connectivity index (χ2v) is 7.48. The first-order valence-electron chi connectivity index (χ1n) is 10.6. The largest absolute Gasteiger partial charge is 0.507 e. The molecule has 162 valence electrons. The number of unbranched alkanes of at least 4 members (excludes halogenated alkanes) is 2. The van der Waals surface area contributed by atoms with Crippen molar-refractivity contribution < 1.29 is 14.6 Å². The monoisotopic (exact) mass is 413 g/mol. The van der Waals surface area contributed by atoms with Crippen LogP contribution in [0.3, 0.4) is 0 Å². The van der Waals surface area contributed by atoms with Gasteiger partial charge < -0.3 is 9.84 Å². The zero-order valence-electron chi connectivity index (χ0n) is 18.1. The van der Waals surface area contributed by atoms with Crippen molar-refractivity contribution in [1.82, 2.24) is 20.2 Å². The molecule has 0 bridgehead atoms. The molecular weight excluding hydrogens is 382 g/mol. The van der Waals surface area contributed by atoms with Gasteiger partial charge in [0.1, 0.15) is 11.5 Å². The fraction of sp³-hybridized carbons (Fsp3) is 0.591. The van der Waals surface area contributed by atoms with Crippen molar-refractivity contribution in [1.29, 1.82) is 5.26 Å². The van der Waals surface area contributed by atoms with Gasteiger partial charge in [-0.3, -0.25) is 4.79 Å². The van der Waals surface area contributed by atoms with Crippen molar-refractivity contribution in [2.45, 2.75) is 84.8 Å². The summed E-state index contributed by atoms with van der Waals surface area (Å²) in [5.74, 6) is 1.21. The molecule has 0 radical (unpaired) electrons. The summed E-state index contributed by atoms with van der Waals surface area (Å²) < 4.78 is 6.07. The first kappa shape index (κ1) is 23.3. The number of ketones is 1. The van der Waals surface area contributed by atoms with Crippen LogP contribution >= 0.6 is 0 Å². The van der Waals surface area contributed by atoms with Gasteiger partial charge in [-0.15, -0.1) is 10.2 Å². The number of aromatic nitrogens is 4. The number of benzene rings is 1. The molecule has 0 amide bonds. The number of aryl methyl sites for hydroxylation is 2. The Hall–Kier alpha value is -2.95. The molecule has 1 heterocycles. The third-order valence-electron chi connectivity index (χ3n) is 4.85. The molecule has 8 heteroatoms. The van der Waals surface area contributed by atoms with Crippen LogP contribution in [-0.4, -0.2) is 37.2 Å². The Kier molecular flexibility index (Phi) is 9.26. The summed E-state index contributed by atoms with van der Waals surface area (Å²) in [7, 11) is 0. The van der Waals surface area contributed by atoms with Gasteiger partial charge in [0.25, 0.3) is 0 Å². The lowest BCUT2D eigenvalue weighted by atomic mass is 10.0. The molecule has 1 aromatic heterocycles. The van der Waals surface area contributed by atoms with Gasteiger partial charge in [0.05, 0.1) is 24.3 Å². The summed E-state index contributed by atoms with van der Waals surface area (Å²) in [4.78, 5) is 13.3. The highest BCUT2D eigenvalue weighted by molar-refractivity contribution is 5.97. The number of nitrogens with zero attached hydrogens (tertiary/aromatic N) is 5. The standard InChI is InChI=1S/C22H31N5O3/c1-4-9-19-20(13-12-18(17(3)28)22(19)29)30-16(2)10-8-11-21-24-26-27(25-21)15-7-5-6-14-23/h12-13,16,29H,4-11,15H2,1-3H3. The molecule has 8 nitrogen and oxygen atoms in total. The number of phenolic OH excluding ortho intramolecular Hbond substituents is 1. The van der Waals surface area contributed by atoms with E-state index in [1.165, 1.54) is 6.92 Å². The first-order chi connectivity index (χ1) is 14.5. The summed E-state index contributed by atoms with van der Waals surface area (Å²) in [5.41, 5.74) is 1.03. The van der Waals surface area contributed by atoms with E-state index in [0.717, 1.165) is 32.1 Å². The maximum atomic E-state index is 11.7. The molecule has 1 N–H and O–H groups in total. The van der Waals surface area contributed by atoms with Crippen LogP contribution in [0.4, 0.5) is 0 Å². The minimum absolute atomic E-state index is 0.0321. The predicted octanol–water partition coefficient (Wildman–Crippen LogP) is 4.02. The van der Waals surface area contributed by atoms with E-state index in [-0.39, 0.29) is 17.6 Å². The molecule has 1 unspecified atom stereocenters. The van der Waals surface area contributed by atoms with Crippen LogP contribution < -0.4 is 4.74 Å². The van der Waals surface area contributed by atoms with Crippen LogP contribution in [0.25, 0.3) is 0 Å². The van der Waals surface area contributed by atoms with Gasteiger partial charge in [0.2, 0.25) is 0 Å². The van der Waals surface area contributed by atoms with E-state index in [9.17, 15) is 9.90 Å². The number of nitriles is 1. The van der Waals surface area contributed by atoms with Gasteiger partial charge >= 0.3 is 0 Å². The van der Waals surface area contributed by atoms with Gasteiger partial charge in [-0.05, 0) is 63.3 Å². The Morgan fingerprint density at radius 2 is 2.10 bits per heavy atom. The van der Waals surface area contributed by atoms with Gasteiger partial charge in [-0.2, -0.15) is 10.1 Å². The van der Waals surface area contributed by atoms with Crippen molar-refractivity contribution >= 4 is 5.78 Å². The van der Waals surface area contributed by atoms with Crippen LogP contribution in [0.15, 0.2) is 12.1 Å². The number of carbonyl (C=O) groups excluding carboxylic acids is 1. The number of ether oxygens (including phenoxy) is 1. The maximum Gasteiger partial charge on any atom is 0.174 e. The molecule has 0 saturated carbocycles. The van der Waals surface area contributed by atoms with Gasteiger partial charge in [-0.1, -0.05) is 13.3 Å². The Morgan fingerprint density at radius 3 is 2.80 bits per heavy atom. The second-order valence-electron chi connectivity index (χ2n) is 7.48. The summed E-state index contributed by atoms with van der Waals surface area (Å²) in [6, 6.07) is 5.53. The quantitative estimate of drug-likeness (QED) is 0.390. The van der Waals surface area contributed by atoms with Crippen LogP contribution in [0, 0.1) is 11.3 Å². The van der Waals surface area contributed by atoms with E-state index in [1.54, 1.807) is 16.9 Å². The molecule has 0 aliphatic rings. The second kappa shape index (κ2) is 11.9. The Labute approximate surface area is 177 Å². The third kappa shape index (κ3) is 6.83. The van der Waals surface area contributed by atoms with E-state index in [0.29, 0.717) is 48.5 Å². The average molecular weight is 414 g/mol. The summed E-state index contributed by atoms with van der Waals surface area (Å²) in [6.45, 7) is 6.14. The molecule has 2 rings (SSSR count). The number of aromatic hydroxyl groups is 1. The number of hydrogen-bond donors (Lipinski definition) is 1. The molecule has 1 aromatic carbocycles. The highest BCUT2D eigenvalue weighted by Gasteiger charge is 2.17. The minimum atomic E-state index is -0.157. The zero-order valence-corrected chi connectivity index (χ0v) is 18.1. The topological polar surface area (TPSA) is 114 Å². The van der Waals surface area contributed by atoms with Crippen molar-refractivity contribution in [3.05, 3.63) is 29.1 Å². The van der Waals surface area contributed by atoms with Crippen molar-refractivity contribution in [2.24, 2.45) is 0 Å². The molecule has 0 saturated heterocycles. The number of tetrazole rings is 1. The average Bonchev–Trinajstić information content (AvgIpc) is 3.15. The smallest absolute Gasteiger partial charge is 0.174 e. The van der Waals surface area contributed by atoms with Crippen molar-refractivity contribution in [2.75, 3.05) is 0 Å². The lowest BCUT2D eigenvalue weighted by Gasteiger charge is -2.19. The van der Waals surface area contributed by atoms with E-state index in [1.807, 2.05) is 13.8 Å². The fourth-order valence-corrected chi connectivity index (χ4v) is 3.26. The van der Waals surface area contributed by atoms with Crippen LogP contribution in [0.1, 0.15) is 81.0 Å². The van der Waals surface area contributed by atoms with Gasteiger partial charge in [0, 0.05) is 18.4 Å². The van der Waals surface area contributed by atoms with Crippen LogP contribution in [-0.2, 0) is 19.4 Å². The predicted molar refractivity (Wildman–Crippen MR) is 112 cm³/mol. The Morgan fingerprint density at radius 1 is 1.30 bits per heavy atom. The van der Waals surface area contributed by atoms with Crippen LogP contribution in [0.2, 0.25) is 0 Å². The van der Waals surface area contributed by atoms with Gasteiger partial charge in [0.15, 0.2) is 11.6 Å². The summed E-state index contributed by atoms with van der Waals surface area (Å²) in [6.07, 6.45) is 6.06. The highest BCUT2D eigenvalue weighted by atomic mass is 16.5. The van der Waals surface area contributed by atoms with E-state index < -0.39 is 0 Å². The molecule has 0 aliphatic heterocycles. The molecule has 30 heavy (non-hydrogen) atoms. The zero-order chi connectivity index (χ0) is 21.9. The number of Topliss-reactive ketones (excluding diaryl/α,β-unsaturated/α-hetero) is 1. The van der Waals surface area contributed by atoms with Crippen LogP contribution in [0.5, 0.6) is 11.5 Å². The molecular formula is C22H31N5O3. The molecule has 0 aliphatic carbocycles. The normalized spacial score (nSPS) is 11.8. The van der Waals surface area contributed by atoms with Crippen molar-refractivity contribution in [3.63, 3.8) is 0 Å².